The average Bonchev–Trinajstić information content (AvgIpc) is 2.72. The molecule has 0 spiro atoms. The Hall–Kier alpha value is -2.92. The third kappa shape index (κ3) is 5.79. The summed E-state index contributed by atoms with van der Waals surface area (Å²) in [5, 5.41) is 2.85. The first-order valence-electron chi connectivity index (χ1n) is 8.57. The number of rotatable bonds is 8. The standard InChI is InChI=1S/C22H21NO3S/c1-27-19-11-7-10-18(14-19)23-22(24)16-26-21-13-6-5-12-20(21)25-15-17-8-3-2-4-9-17/h2-14H,15-16H2,1H3,(H,23,24). The van der Waals surface area contributed by atoms with Crippen molar-refractivity contribution in [3.8, 4) is 11.5 Å². The topological polar surface area (TPSA) is 47.6 Å². The molecule has 0 aliphatic carbocycles. The first-order valence-corrected chi connectivity index (χ1v) is 9.79. The number of nitrogens with one attached hydrogen (secondary N) is 1. The second-order valence-electron chi connectivity index (χ2n) is 5.79. The molecule has 1 N–H and O–H groups in total. The highest BCUT2D eigenvalue weighted by molar-refractivity contribution is 7.98. The molecule has 0 unspecified atom stereocenters. The second-order valence-corrected chi connectivity index (χ2v) is 6.67. The van der Waals surface area contributed by atoms with E-state index < -0.39 is 0 Å². The highest BCUT2D eigenvalue weighted by Crippen LogP contribution is 2.27. The first-order chi connectivity index (χ1) is 13.2. The molecule has 3 rings (SSSR count). The largest absolute Gasteiger partial charge is 0.485 e. The Morgan fingerprint density at radius 2 is 1.59 bits per heavy atom. The molecule has 5 heteroatoms. The lowest BCUT2D eigenvalue weighted by Crippen LogP contribution is -2.20. The predicted octanol–water partition coefficient (Wildman–Crippen LogP) is 5.01. The number of hydrogen-bond acceptors (Lipinski definition) is 4. The van der Waals surface area contributed by atoms with E-state index in [1.807, 2.05) is 79.1 Å². The number of carbonyl (C=O) groups excluding carboxylic acids is 1. The monoisotopic (exact) mass is 379 g/mol. The van der Waals surface area contributed by atoms with Crippen molar-refractivity contribution in [2.75, 3.05) is 18.2 Å². The lowest BCUT2D eigenvalue weighted by Gasteiger charge is -2.13. The van der Waals surface area contributed by atoms with Gasteiger partial charge in [0.1, 0.15) is 6.61 Å². The maximum atomic E-state index is 12.2. The van der Waals surface area contributed by atoms with Crippen LogP contribution in [-0.2, 0) is 11.4 Å². The summed E-state index contributed by atoms with van der Waals surface area (Å²) in [5.41, 5.74) is 1.82. The maximum Gasteiger partial charge on any atom is 0.262 e. The zero-order chi connectivity index (χ0) is 18.9. The molecule has 0 atom stereocenters. The van der Waals surface area contributed by atoms with Crippen LogP contribution in [0.3, 0.4) is 0 Å². The van der Waals surface area contributed by atoms with E-state index in [-0.39, 0.29) is 12.5 Å². The summed E-state index contributed by atoms with van der Waals surface area (Å²) in [6.07, 6.45) is 2.00. The van der Waals surface area contributed by atoms with E-state index in [1.54, 1.807) is 17.8 Å². The molecule has 0 radical (unpaired) electrons. The molecule has 27 heavy (non-hydrogen) atoms. The minimum atomic E-state index is -0.217. The maximum absolute atomic E-state index is 12.2. The molecule has 0 heterocycles. The van der Waals surface area contributed by atoms with Crippen LogP contribution < -0.4 is 14.8 Å². The van der Waals surface area contributed by atoms with E-state index in [0.29, 0.717) is 18.1 Å². The molecule has 0 aliphatic heterocycles. The fourth-order valence-electron chi connectivity index (χ4n) is 2.47. The van der Waals surface area contributed by atoms with Gasteiger partial charge in [0.25, 0.3) is 5.91 Å². The summed E-state index contributed by atoms with van der Waals surface area (Å²) in [6.45, 7) is 0.351. The zero-order valence-corrected chi connectivity index (χ0v) is 15.9. The Balaban J connectivity index is 1.56. The second kappa shape index (κ2) is 9.69. The molecule has 3 aromatic rings. The van der Waals surface area contributed by atoms with E-state index in [1.165, 1.54) is 0 Å². The van der Waals surface area contributed by atoms with Crippen molar-refractivity contribution in [2.24, 2.45) is 0 Å². The molecule has 0 aromatic heterocycles. The van der Waals surface area contributed by atoms with Crippen LogP contribution in [0.1, 0.15) is 5.56 Å². The Labute approximate surface area is 163 Å². The van der Waals surface area contributed by atoms with Gasteiger partial charge in [0, 0.05) is 10.6 Å². The van der Waals surface area contributed by atoms with Crippen molar-refractivity contribution in [3.05, 3.63) is 84.4 Å². The van der Waals surface area contributed by atoms with Crippen LogP contribution in [0.4, 0.5) is 5.69 Å². The smallest absolute Gasteiger partial charge is 0.262 e. The minimum Gasteiger partial charge on any atom is -0.485 e. The van der Waals surface area contributed by atoms with Gasteiger partial charge in [-0.2, -0.15) is 0 Å². The van der Waals surface area contributed by atoms with E-state index in [2.05, 4.69) is 5.32 Å². The van der Waals surface area contributed by atoms with Crippen LogP contribution in [0.2, 0.25) is 0 Å². The SMILES string of the molecule is CSc1cccc(NC(=O)COc2ccccc2OCc2ccccc2)c1. The summed E-state index contributed by atoms with van der Waals surface area (Å²) >= 11 is 1.63. The molecular formula is C22H21NO3S. The van der Waals surface area contributed by atoms with Gasteiger partial charge in [0.2, 0.25) is 0 Å². The number of amides is 1. The van der Waals surface area contributed by atoms with Gasteiger partial charge < -0.3 is 14.8 Å². The molecule has 3 aromatic carbocycles. The molecule has 1 amide bonds. The molecule has 0 bridgehead atoms. The molecule has 0 saturated heterocycles. The third-order valence-corrected chi connectivity index (χ3v) is 4.52. The van der Waals surface area contributed by atoms with Gasteiger partial charge in [0.05, 0.1) is 0 Å². The van der Waals surface area contributed by atoms with Crippen molar-refractivity contribution in [1.29, 1.82) is 0 Å². The number of hydrogen-bond donors (Lipinski definition) is 1. The van der Waals surface area contributed by atoms with Crippen LogP contribution in [-0.4, -0.2) is 18.8 Å². The fourth-order valence-corrected chi connectivity index (χ4v) is 2.92. The van der Waals surface area contributed by atoms with Crippen molar-refractivity contribution >= 4 is 23.4 Å². The predicted molar refractivity (Wildman–Crippen MR) is 110 cm³/mol. The van der Waals surface area contributed by atoms with Gasteiger partial charge in [-0.25, -0.2) is 0 Å². The Morgan fingerprint density at radius 3 is 2.33 bits per heavy atom. The Morgan fingerprint density at radius 1 is 0.889 bits per heavy atom. The number of carbonyl (C=O) groups is 1. The zero-order valence-electron chi connectivity index (χ0n) is 15.1. The van der Waals surface area contributed by atoms with Gasteiger partial charge in [-0.1, -0.05) is 48.5 Å². The highest BCUT2D eigenvalue weighted by Gasteiger charge is 2.08. The van der Waals surface area contributed by atoms with Gasteiger partial charge in [0.15, 0.2) is 18.1 Å². The summed E-state index contributed by atoms with van der Waals surface area (Å²) in [6, 6.07) is 25.0. The quantitative estimate of drug-likeness (QED) is 0.559. The molecule has 0 fully saturated rings. The van der Waals surface area contributed by atoms with Crippen molar-refractivity contribution in [1.82, 2.24) is 0 Å². The van der Waals surface area contributed by atoms with Gasteiger partial charge in [-0.05, 0) is 42.2 Å². The lowest BCUT2D eigenvalue weighted by molar-refractivity contribution is -0.118. The van der Waals surface area contributed by atoms with E-state index in [0.717, 1.165) is 16.1 Å². The number of thioether (sulfide) groups is 1. The molecular weight excluding hydrogens is 358 g/mol. The third-order valence-electron chi connectivity index (χ3n) is 3.80. The van der Waals surface area contributed by atoms with E-state index >= 15 is 0 Å². The van der Waals surface area contributed by atoms with Crippen molar-refractivity contribution in [2.45, 2.75) is 11.5 Å². The molecule has 138 valence electrons. The number of ether oxygens (including phenoxy) is 2. The van der Waals surface area contributed by atoms with Crippen LogP contribution in [0.15, 0.2) is 83.8 Å². The highest BCUT2D eigenvalue weighted by atomic mass is 32.2. The number of para-hydroxylation sites is 2. The van der Waals surface area contributed by atoms with Crippen LogP contribution in [0.5, 0.6) is 11.5 Å². The Bertz CT molecular complexity index is 883. The summed E-state index contributed by atoms with van der Waals surface area (Å²) in [5.74, 6) is 0.936. The summed E-state index contributed by atoms with van der Waals surface area (Å²) in [4.78, 5) is 13.3. The van der Waals surface area contributed by atoms with E-state index in [9.17, 15) is 4.79 Å². The Kier molecular flexibility index (Phi) is 6.77. The molecule has 4 nitrogen and oxygen atoms in total. The van der Waals surface area contributed by atoms with E-state index in [4.69, 9.17) is 9.47 Å². The summed E-state index contributed by atoms with van der Waals surface area (Å²) < 4.78 is 11.5. The van der Waals surface area contributed by atoms with Gasteiger partial charge >= 0.3 is 0 Å². The number of benzene rings is 3. The fraction of sp³-hybridized carbons (Fsp3) is 0.136. The van der Waals surface area contributed by atoms with Crippen molar-refractivity contribution < 1.29 is 14.3 Å². The van der Waals surface area contributed by atoms with Gasteiger partial charge in [-0.15, -0.1) is 11.8 Å². The van der Waals surface area contributed by atoms with Gasteiger partial charge in [-0.3, -0.25) is 4.79 Å². The molecule has 0 aliphatic rings. The van der Waals surface area contributed by atoms with Crippen LogP contribution >= 0.6 is 11.8 Å². The normalized spacial score (nSPS) is 10.3. The summed E-state index contributed by atoms with van der Waals surface area (Å²) in [7, 11) is 0. The van der Waals surface area contributed by atoms with Crippen LogP contribution in [0.25, 0.3) is 0 Å². The van der Waals surface area contributed by atoms with Crippen LogP contribution in [0, 0.1) is 0 Å². The average molecular weight is 379 g/mol. The first kappa shape index (κ1) is 18.9. The van der Waals surface area contributed by atoms with Crippen molar-refractivity contribution in [3.63, 3.8) is 0 Å². The molecule has 0 saturated carbocycles. The minimum absolute atomic E-state index is 0.0881. The lowest BCUT2D eigenvalue weighted by atomic mass is 10.2. The number of anilines is 1.